The zero-order valence-corrected chi connectivity index (χ0v) is 7.25. The Morgan fingerprint density at radius 3 is 2.91 bits per heavy atom. The summed E-state index contributed by atoms with van der Waals surface area (Å²) in [6, 6.07) is 2.16. The van der Waals surface area contributed by atoms with Gasteiger partial charge in [0.2, 0.25) is 0 Å². The van der Waals surface area contributed by atoms with E-state index in [9.17, 15) is 0 Å². The molecule has 1 atom stereocenters. The molecule has 0 aliphatic carbocycles. The lowest BCUT2D eigenvalue weighted by Gasteiger charge is -2.04. The third-order valence-electron chi connectivity index (χ3n) is 1.94. The van der Waals surface area contributed by atoms with Crippen molar-refractivity contribution in [3.8, 4) is 0 Å². The predicted molar refractivity (Wildman–Crippen MR) is 48.6 cm³/mol. The summed E-state index contributed by atoms with van der Waals surface area (Å²) < 4.78 is 2.08. The Hall–Kier alpha value is -0.980. The topological polar surface area (TPSA) is 4.93 Å². The summed E-state index contributed by atoms with van der Waals surface area (Å²) in [5, 5.41) is 0. The van der Waals surface area contributed by atoms with Crippen LogP contribution in [0.15, 0.2) is 31.1 Å². The maximum Gasteiger partial charge on any atom is 0.0106 e. The zero-order valence-electron chi connectivity index (χ0n) is 7.25. The predicted octanol–water partition coefficient (Wildman–Crippen LogP) is 2.70. The summed E-state index contributed by atoms with van der Waals surface area (Å²) in [5.74, 6) is 0.605. The molecule has 1 aromatic heterocycles. The number of aromatic nitrogens is 1. The minimum absolute atomic E-state index is 0.605. The fourth-order valence-corrected chi connectivity index (χ4v) is 1.20. The molecule has 1 unspecified atom stereocenters. The van der Waals surface area contributed by atoms with Gasteiger partial charge in [0, 0.05) is 19.4 Å². The first-order valence-electron chi connectivity index (χ1n) is 3.97. The van der Waals surface area contributed by atoms with Crippen molar-refractivity contribution < 1.29 is 0 Å². The van der Waals surface area contributed by atoms with Crippen molar-refractivity contribution in [2.45, 2.75) is 19.3 Å². The molecule has 1 heterocycles. The van der Waals surface area contributed by atoms with E-state index in [1.54, 1.807) is 0 Å². The average Bonchev–Trinajstić information content (AvgIpc) is 2.36. The average molecular weight is 149 g/mol. The monoisotopic (exact) mass is 149 g/mol. The number of aryl methyl sites for hydroxylation is 1. The molecule has 0 saturated carbocycles. The SMILES string of the molecule is C=CCC(C)c1ccn(C)c1. The van der Waals surface area contributed by atoms with E-state index in [2.05, 4.69) is 36.5 Å². The van der Waals surface area contributed by atoms with Gasteiger partial charge in [-0.2, -0.15) is 0 Å². The van der Waals surface area contributed by atoms with E-state index in [0.717, 1.165) is 6.42 Å². The molecule has 0 aliphatic heterocycles. The van der Waals surface area contributed by atoms with Crippen LogP contribution in [0, 0.1) is 0 Å². The Bertz CT molecular complexity index is 235. The van der Waals surface area contributed by atoms with Crippen LogP contribution in [0.3, 0.4) is 0 Å². The Morgan fingerprint density at radius 2 is 2.45 bits per heavy atom. The van der Waals surface area contributed by atoms with Gasteiger partial charge in [0.25, 0.3) is 0 Å². The minimum atomic E-state index is 0.605. The number of hydrogen-bond donors (Lipinski definition) is 0. The molecule has 0 saturated heterocycles. The van der Waals surface area contributed by atoms with Crippen molar-refractivity contribution in [2.24, 2.45) is 7.05 Å². The molecular weight excluding hydrogens is 134 g/mol. The van der Waals surface area contributed by atoms with Crippen molar-refractivity contribution in [1.29, 1.82) is 0 Å². The highest BCUT2D eigenvalue weighted by atomic mass is 14.9. The fourth-order valence-electron chi connectivity index (χ4n) is 1.20. The third-order valence-corrected chi connectivity index (χ3v) is 1.94. The molecule has 0 bridgehead atoms. The quantitative estimate of drug-likeness (QED) is 0.582. The van der Waals surface area contributed by atoms with Crippen LogP contribution in [-0.4, -0.2) is 4.57 Å². The van der Waals surface area contributed by atoms with Crippen LogP contribution >= 0.6 is 0 Å². The first-order chi connectivity index (χ1) is 5.24. The van der Waals surface area contributed by atoms with Crippen LogP contribution in [0.4, 0.5) is 0 Å². The van der Waals surface area contributed by atoms with Crippen molar-refractivity contribution in [2.75, 3.05) is 0 Å². The Labute approximate surface area is 68.4 Å². The van der Waals surface area contributed by atoms with Gasteiger partial charge in [-0.25, -0.2) is 0 Å². The van der Waals surface area contributed by atoms with Crippen molar-refractivity contribution in [3.63, 3.8) is 0 Å². The number of allylic oxidation sites excluding steroid dienone is 1. The summed E-state index contributed by atoms with van der Waals surface area (Å²) in [4.78, 5) is 0. The second-order valence-corrected chi connectivity index (χ2v) is 3.04. The molecule has 0 amide bonds. The Balaban J connectivity index is 2.67. The lowest BCUT2D eigenvalue weighted by Crippen LogP contribution is -1.88. The van der Waals surface area contributed by atoms with E-state index >= 15 is 0 Å². The van der Waals surface area contributed by atoms with Gasteiger partial charge in [0.15, 0.2) is 0 Å². The van der Waals surface area contributed by atoms with Crippen LogP contribution < -0.4 is 0 Å². The first kappa shape index (κ1) is 8.12. The Kier molecular flexibility index (Phi) is 2.53. The van der Waals surface area contributed by atoms with E-state index in [1.165, 1.54) is 5.56 Å². The lowest BCUT2D eigenvalue weighted by atomic mass is 10.0. The molecule has 0 radical (unpaired) electrons. The molecule has 1 aromatic rings. The molecule has 1 nitrogen and oxygen atoms in total. The summed E-state index contributed by atoms with van der Waals surface area (Å²) in [7, 11) is 2.05. The van der Waals surface area contributed by atoms with E-state index in [4.69, 9.17) is 0 Å². The maximum absolute atomic E-state index is 3.73. The normalized spacial score (nSPS) is 12.9. The van der Waals surface area contributed by atoms with Gasteiger partial charge in [-0.15, -0.1) is 6.58 Å². The first-order valence-corrected chi connectivity index (χ1v) is 3.97. The molecule has 0 fully saturated rings. The van der Waals surface area contributed by atoms with Crippen LogP contribution in [0.5, 0.6) is 0 Å². The van der Waals surface area contributed by atoms with Gasteiger partial charge in [-0.1, -0.05) is 13.0 Å². The fraction of sp³-hybridized carbons (Fsp3) is 0.400. The molecule has 0 aliphatic rings. The molecule has 1 heteroatoms. The van der Waals surface area contributed by atoms with E-state index < -0.39 is 0 Å². The number of rotatable bonds is 3. The third kappa shape index (κ3) is 1.97. The second-order valence-electron chi connectivity index (χ2n) is 3.04. The van der Waals surface area contributed by atoms with Crippen LogP contribution in [0.2, 0.25) is 0 Å². The minimum Gasteiger partial charge on any atom is -0.357 e. The van der Waals surface area contributed by atoms with E-state index in [1.807, 2.05) is 13.1 Å². The largest absolute Gasteiger partial charge is 0.357 e. The zero-order chi connectivity index (χ0) is 8.27. The van der Waals surface area contributed by atoms with Crippen molar-refractivity contribution >= 4 is 0 Å². The highest BCUT2D eigenvalue weighted by Crippen LogP contribution is 2.18. The summed E-state index contributed by atoms with van der Waals surface area (Å²) in [6.07, 6.45) is 7.27. The van der Waals surface area contributed by atoms with Gasteiger partial charge in [0.1, 0.15) is 0 Å². The molecule has 0 aromatic carbocycles. The maximum atomic E-state index is 3.73. The number of hydrogen-bond acceptors (Lipinski definition) is 0. The molecule has 60 valence electrons. The van der Waals surface area contributed by atoms with Crippen LogP contribution in [-0.2, 0) is 7.05 Å². The summed E-state index contributed by atoms with van der Waals surface area (Å²) in [5.41, 5.74) is 1.40. The number of nitrogens with zero attached hydrogens (tertiary/aromatic N) is 1. The van der Waals surface area contributed by atoms with Crippen LogP contribution in [0.25, 0.3) is 0 Å². The van der Waals surface area contributed by atoms with Crippen LogP contribution in [0.1, 0.15) is 24.8 Å². The van der Waals surface area contributed by atoms with E-state index in [-0.39, 0.29) is 0 Å². The summed E-state index contributed by atoms with van der Waals surface area (Å²) >= 11 is 0. The molecule has 11 heavy (non-hydrogen) atoms. The van der Waals surface area contributed by atoms with Gasteiger partial charge in [-0.05, 0) is 24.0 Å². The summed E-state index contributed by atoms with van der Waals surface area (Å²) in [6.45, 7) is 5.95. The smallest absolute Gasteiger partial charge is 0.0106 e. The lowest BCUT2D eigenvalue weighted by molar-refractivity contribution is 0.776. The van der Waals surface area contributed by atoms with Gasteiger partial charge in [0.05, 0.1) is 0 Å². The molecule has 0 N–H and O–H groups in total. The second kappa shape index (κ2) is 3.42. The standard InChI is InChI=1S/C10H15N/c1-4-5-9(2)10-6-7-11(3)8-10/h4,6-9H,1,5H2,2-3H3. The van der Waals surface area contributed by atoms with Gasteiger partial charge in [-0.3, -0.25) is 0 Å². The van der Waals surface area contributed by atoms with E-state index in [0.29, 0.717) is 5.92 Å². The molecule has 1 rings (SSSR count). The Morgan fingerprint density at radius 1 is 1.73 bits per heavy atom. The van der Waals surface area contributed by atoms with Crippen molar-refractivity contribution in [1.82, 2.24) is 4.57 Å². The molecule has 0 spiro atoms. The molecular formula is C10H15N. The highest BCUT2D eigenvalue weighted by Gasteiger charge is 2.02. The van der Waals surface area contributed by atoms with Gasteiger partial charge < -0.3 is 4.57 Å². The van der Waals surface area contributed by atoms with Gasteiger partial charge >= 0.3 is 0 Å². The van der Waals surface area contributed by atoms with Crippen molar-refractivity contribution in [3.05, 3.63) is 36.7 Å². The highest BCUT2D eigenvalue weighted by molar-refractivity contribution is 5.15.